The molecule has 0 saturated heterocycles. The van der Waals surface area contributed by atoms with Crippen LogP contribution in [0.15, 0.2) is 41.8 Å². The normalized spacial score (nSPS) is 10.3. The van der Waals surface area contributed by atoms with E-state index < -0.39 is 0 Å². The second kappa shape index (κ2) is 6.37. The van der Waals surface area contributed by atoms with Gasteiger partial charge in [-0.2, -0.15) is 5.26 Å². The number of rotatable bonds is 3. The number of hydrogen-bond donors (Lipinski definition) is 1. The maximum Gasteiger partial charge on any atom is 0.266 e. The van der Waals surface area contributed by atoms with E-state index in [9.17, 15) is 10.1 Å². The molecule has 2 aromatic heterocycles. The summed E-state index contributed by atoms with van der Waals surface area (Å²) in [4.78, 5) is 14.1. The number of benzene rings is 1. The van der Waals surface area contributed by atoms with Gasteiger partial charge >= 0.3 is 0 Å². The van der Waals surface area contributed by atoms with Gasteiger partial charge < -0.3 is 5.32 Å². The molecule has 0 atom stereocenters. The highest BCUT2D eigenvalue weighted by molar-refractivity contribution is 7.17. The monoisotopic (exact) mass is 338 g/mol. The summed E-state index contributed by atoms with van der Waals surface area (Å²) in [5, 5.41) is 15.0. The fourth-order valence-electron chi connectivity index (χ4n) is 2.46. The molecule has 5 heteroatoms. The summed E-state index contributed by atoms with van der Waals surface area (Å²) in [6.45, 7) is 3.88. The maximum absolute atomic E-state index is 12.4. The zero-order valence-corrected chi connectivity index (χ0v) is 14.3. The highest BCUT2D eigenvalue weighted by atomic mass is 32.1. The molecule has 2 heterocycles. The molecule has 0 saturated carbocycles. The first-order valence-electron chi connectivity index (χ1n) is 7.06. The summed E-state index contributed by atoms with van der Waals surface area (Å²) >= 11 is 2.85. The van der Waals surface area contributed by atoms with E-state index in [-0.39, 0.29) is 5.91 Å². The van der Waals surface area contributed by atoms with Crippen molar-refractivity contribution in [2.45, 2.75) is 13.8 Å². The smallest absolute Gasteiger partial charge is 0.266 e. The molecule has 0 radical (unpaired) electrons. The molecule has 23 heavy (non-hydrogen) atoms. The number of nitriles is 1. The van der Waals surface area contributed by atoms with E-state index in [0.717, 1.165) is 21.6 Å². The van der Waals surface area contributed by atoms with Crippen molar-refractivity contribution in [3.8, 4) is 17.2 Å². The summed E-state index contributed by atoms with van der Waals surface area (Å²) in [6, 6.07) is 14.0. The largest absolute Gasteiger partial charge is 0.312 e. The van der Waals surface area contributed by atoms with Gasteiger partial charge in [0.2, 0.25) is 0 Å². The Morgan fingerprint density at radius 3 is 2.52 bits per heavy atom. The molecule has 1 aromatic carbocycles. The lowest BCUT2D eigenvalue weighted by atomic mass is 10.0. The Morgan fingerprint density at radius 1 is 1.17 bits per heavy atom. The fourth-order valence-corrected chi connectivity index (χ4v) is 4.30. The van der Waals surface area contributed by atoms with Crippen LogP contribution in [0.5, 0.6) is 0 Å². The van der Waals surface area contributed by atoms with Crippen molar-refractivity contribution in [1.29, 1.82) is 5.26 Å². The zero-order valence-electron chi connectivity index (χ0n) is 12.7. The lowest BCUT2D eigenvalue weighted by Crippen LogP contribution is -2.11. The summed E-state index contributed by atoms with van der Waals surface area (Å²) in [6.07, 6.45) is 0. The van der Waals surface area contributed by atoms with Gasteiger partial charge in [-0.3, -0.25) is 4.79 Å². The average molecular weight is 338 g/mol. The van der Waals surface area contributed by atoms with Crippen LogP contribution in [0.25, 0.3) is 11.1 Å². The molecule has 0 unspecified atom stereocenters. The number of thiophene rings is 2. The highest BCUT2D eigenvalue weighted by Gasteiger charge is 2.20. The Balaban J connectivity index is 2.00. The van der Waals surface area contributed by atoms with Crippen LogP contribution in [0.1, 0.15) is 25.7 Å². The number of amides is 1. The van der Waals surface area contributed by atoms with Crippen molar-refractivity contribution in [3.63, 3.8) is 0 Å². The van der Waals surface area contributed by atoms with Crippen LogP contribution in [0, 0.1) is 25.2 Å². The quantitative estimate of drug-likeness (QED) is 0.712. The van der Waals surface area contributed by atoms with Crippen molar-refractivity contribution in [1.82, 2.24) is 0 Å². The van der Waals surface area contributed by atoms with Gasteiger partial charge in [0.25, 0.3) is 5.91 Å². The van der Waals surface area contributed by atoms with Gasteiger partial charge in [-0.1, -0.05) is 30.3 Å². The number of hydrogen-bond acceptors (Lipinski definition) is 4. The summed E-state index contributed by atoms with van der Waals surface area (Å²) in [5.74, 6) is -0.158. The minimum absolute atomic E-state index is 0.158. The maximum atomic E-state index is 12.4. The first-order chi connectivity index (χ1) is 11.1. The van der Waals surface area contributed by atoms with Crippen molar-refractivity contribution < 1.29 is 4.79 Å². The van der Waals surface area contributed by atoms with E-state index in [1.165, 1.54) is 22.7 Å². The first kappa shape index (κ1) is 15.5. The van der Waals surface area contributed by atoms with Gasteiger partial charge in [-0.05, 0) is 36.4 Å². The number of carbonyl (C=O) groups is 1. The summed E-state index contributed by atoms with van der Waals surface area (Å²) in [5.41, 5.74) is 3.37. The third-order valence-corrected chi connectivity index (χ3v) is 5.59. The minimum Gasteiger partial charge on any atom is -0.312 e. The molecular formula is C18H14N2OS2. The Morgan fingerprint density at radius 2 is 1.91 bits per heavy atom. The lowest BCUT2D eigenvalue weighted by Gasteiger charge is -2.04. The number of carbonyl (C=O) groups excluding carboxylic acids is 1. The van der Waals surface area contributed by atoms with E-state index in [1.807, 2.05) is 55.6 Å². The topological polar surface area (TPSA) is 52.9 Å². The molecule has 114 valence electrons. The number of anilines is 1. The SMILES string of the molecule is Cc1ccsc1C(=O)Nc1sc(C)c(-c2ccccc2)c1C#N. The standard InChI is InChI=1S/C18H14N2OS2/c1-11-8-9-22-16(11)17(21)20-18-14(10-19)15(12(2)23-18)13-6-4-3-5-7-13/h3-9H,1-2H3,(H,20,21). The van der Waals surface area contributed by atoms with Gasteiger partial charge in [0.15, 0.2) is 0 Å². The van der Waals surface area contributed by atoms with Crippen molar-refractivity contribution in [2.24, 2.45) is 0 Å². The Hall–Kier alpha value is -2.42. The Kier molecular flexibility index (Phi) is 4.28. The van der Waals surface area contributed by atoms with Crippen molar-refractivity contribution in [3.05, 3.63) is 62.7 Å². The fraction of sp³-hybridized carbons (Fsp3) is 0.111. The van der Waals surface area contributed by atoms with Crippen molar-refractivity contribution >= 4 is 33.6 Å². The molecular weight excluding hydrogens is 324 g/mol. The van der Waals surface area contributed by atoms with Crippen LogP contribution in [0.4, 0.5) is 5.00 Å². The van der Waals surface area contributed by atoms with E-state index in [2.05, 4.69) is 11.4 Å². The van der Waals surface area contributed by atoms with E-state index >= 15 is 0 Å². The molecule has 0 aliphatic heterocycles. The Bertz CT molecular complexity index is 901. The van der Waals surface area contributed by atoms with Crippen LogP contribution >= 0.6 is 22.7 Å². The number of aryl methyl sites for hydroxylation is 2. The third-order valence-electron chi connectivity index (χ3n) is 3.55. The van der Waals surface area contributed by atoms with E-state index in [0.29, 0.717) is 15.4 Å². The number of nitrogens with one attached hydrogen (secondary N) is 1. The Labute approximate surface area is 142 Å². The molecule has 0 bridgehead atoms. The van der Waals surface area contributed by atoms with Gasteiger partial charge in [0.05, 0.1) is 10.4 Å². The van der Waals surface area contributed by atoms with E-state index in [4.69, 9.17) is 0 Å². The summed E-state index contributed by atoms with van der Waals surface area (Å²) in [7, 11) is 0. The van der Waals surface area contributed by atoms with Gasteiger partial charge in [-0.15, -0.1) is 22.7 Å². The highest BCUT2D eigenvalue weighted by Crippen LogP contribution is 2.39. The van der Waals surface area contributed by atoms with Gasteiger partial charge in [0, 0.05) is 10.4 Å². The van der Waals surface area contributed by atoms with Gasteiger partial charge in [0.1, 0.15) is 11.1 Å². The van der Waals surface area contributed by atoms with E-state index in [1.54, 1.807) is 0 Å². The predicted molar refractivity (Wildman–Crippen MR) is 96.2 cm³/mol. The van der Waals surface area contributed by atoms with Crippen LogP contribution in [-0.4, -0.2) is 5.91 Å². The first-order valence-corrected chi connectivity index (χ1v) is 8.75. The molecule has 0 spiro atoms. The van der Waals surface area contributed by atoms with Crippen LogP contribution in [0.2, 0.25) is 0 Å². The van der Waals surface area contributed by atoms with Crippen LogP contribution in [-0.2, 0) is 0 Å². The molecule has 0 aliphatic carbocycles. The molecule has 3 rings (SSSR count). The van der Waals surface area contributed by atoms with Gasteiger partial charge in [-0.25, -0.2) is 0 Å². The third kappa shape index (κ3) is 2.91. The minimum atomic E-state index is -0.158. The molecule has 1 N–H and O–H groups in total. The molecule has 3 aromatic rings. The van der Waals surface area contributed by atoms with Crippen LogP contribution in [0.3, 0.4) is 0 Å². The lowest BCUT2D eigenvalue weighted by molar-refractivity contribution is 0.103. The molecule has 0 fully saturated rings. The zero-order chi connectivity index (χ0) is 16.4. The average Bonchev–Trinajstić information content (AvgIpc) is 3.11. The second-order valence-electron chi connectivity index (χ2n) is 5.10. The molecule has 3 nitrogen and oxygen atoms in total. The second-order valence-corrected chi connectivity index (χ2v) is 7.24. The number of nitrogens with zero attached hydrogens (tertiary/aromatic N) is 1. The summed E-state index contributed by atoms with van der Waals surface area (Å²) < 4.78 is 0. The van der Waals surface area contributed by atoms with Crippen molar-refractivity contribution in [2.75, 3.05) is 5.32 Å². The predicted octanol–water partition coefficient (Wildman–Crippen LogP) is 5.22. The molecule has 0 aliphatic rings. The van der Waals surface area contributed by atoms with Crippen LogP contribution < -0.4 is 5.32 Å². The molecule has 1 amide bonds.